The van der Waals surface area contributed by atoms with Crippen molar-refractivity contribution < 1.29 is 19.1 Å². The Morgan fingerprint density at radius 2 is 1.58 bits per heavy atom. The molecule has 6 heteroatoms. The van der Waals surface area contributed by atoms with E-state index in [1.807, 2.05) is 36.4 Å². The van der Waals surface area contributed by atoms with Crippen LogP contribution in [-0.2, 0) is 9.53 Å². The molecule has 1 aliphatic rings. The minimum Gasteiger partial charge on any atom is -0.497 e. The number of nitrogens with zero attached hydrogens (tertiary/aromatic N) is 2. The number of ether oxygens (including phenoxy) is 2. The molecule has 0 atom stereocenters. The summed E-state index contributed by atoms with van der Waals surface area (Å²) in [4.78, 5) is 26.8. The predicted molar refractivity (Wildman–Crippen MR) is 91.7 cm³/mol. The zero-order valence-corrected chi connectivity index (χ0v) is 14.0. The summed E-state index contributed by atoms with van der Waals surface area (Å²) in [6.07, 6.45) is 6.65. The Labute approximate surface area is 141 Å². The number of carbonyl (C=O) groups excluding carboxylic acids is 2. The maximum absolute atomic E-state index is 12.1. The van der Waals surface area contributed by atoms with Crippen LogP contribution in [0.4, 0.5) is 4.79 Å². The average molecular weight is 330 g/mol. The number of rotatable bonds is 4. The van der Waals surface area contributed by atoms with Gasteiger partial charge in [-0.15, -0.1) is 0 Å². The first-order valence-corrected chi connectivity index (χ1v) is 7.74. The van der Waals surface area contributed by atoms with Gasteiger partial charge in [-0.1, -0.05) is 30.4 Å². The quantitative estimate of drug-likeness (QED) is 0.627. The minimum absolute atomic E-state index is 0.0566. The molecule has 0 radical (unpaired) electrons. The fourth-order valence-electron chi connectivity index (χ4n) is 2.36. The van der Waals surface area contributed by atoms with E-state index in [1.54, 1.807) is 23.0 Å². The van der Waals surface area contributed by atoms with Crippen LogP contribution < -0.4 is 4.74 Å². The van der Waals surface area contributed by atoms with Gasteiger partial charge in [0, 0.05) is 32.3 Å². The highest BCUT2D eigenvalue weighted by Crippen LogP contribution is 2.12. The topological polar surface area (TPSA) is 59.1 Å². The third kappa shape index (κ3) is 4.87. The molecule has 2 amide bonds. The molecule has 1 aliphatic heterocycles. The largest absolute Gasteiger partial charge is 0.497 e. The number of amides is 2. The summed E-state index contributed by atoms with van der Waals surface area (Å²) in [5.41, 5.74) is 1.03. The maximum atomic E-state index is 12.1. The molecule has 128 valence electrons. The van der Waals surface area contributed by atoms with E-state index >= 15 is 0 Å². The van der Waals surface area contributed by atoms with Crippen molar-refractivity contribution in [2.24, 2.45) is 0 Å². The van der Waals surface area contributed by atoms with Crippen molar-refractivity contribution in [3.8, 4) is 5.75 Å². The lowest BCUT2D eigenvalue weighted by atomic mass is 10.2. The molecule has 0 aliphatic carbocycles. The first-order chi connectivity index (χ1) is 11.6. The van der Waals surface area contributed by atoms with E-state index < -0.39 is 0 Å². The molecule has 1 saturated heterocycles. The van der Waals surface area contributed by atoms with Crippen LogP contribution in [0.5, 0.6) is 5.75 Å². The Morgan fingerprint density at radius 1 is 0.958 bits per heavy atom. The molecular formula is C18H22N2O4. The Kier molecular flexibility index (Phi) is 6.42. The van der Waals surface area contributed by atoms with E-state index in [2.05, 4.69) is 4.74 Å². The van der Waals surface area contributed by atoms with Crippen molar-refractivity contribution >= 4 is 18.1 Å². The second-order valence-electron chi connectivity index (χ2n) is 5.27. The third-order valence-electron chi connectivity index (χ3n) is 3.78. The van der Waals surface area contributed by atoms with Gasteiger partial charge in [-0.2, -0.15) is 0 Å². The fourth-order valence-corrected chi connectivity index (χ4v) is 2.36. The Bertz CT molecular complexity index is 614. The van der Waals surface area contributed by atoms with E-state index in [-0.39, 0.29) is 12.0 Å². The van der Waals surface area contributed by atoms with Gasteiger partial charge in [0.15, 0.2) is 0 Å². The summed E-state index contributed by atoms with van der Waals surface area (Å²) in [5.74, 6) is 0.753. The first-order valence-electron chi connectivity index (χ1n) is 7.74. The molecule has 0 bridgehead atoms. The van der Waals surface area contributed by atoms with Gasteiger partial charge in [0.05, 0.1) is 14.2 Å². The van der Waals surface area contributed by atoms with Crippen LogP contribution in [0.25, 0.3) is 6.08 Å². The van der Waals surface area contributed by atoms with E-state index in [0.717, 1.165) is 11.3 Å². The van der Waals surface area contributed by atoms with Crippen molar-refractivity contribution in [1.82, 2.24) is 9.80 Å². The number of carbonyl (C=O) groups is 2. The van der Waals surface area contributed by atoms with Crippen LogP contribution in [0.1, 0.15) is 5.56 Å². The summed E-state index contributed by atoms with van der Waals surface area (Å²) in [6.45, 7) is 2.02. The maximum Gasteiger partial charge on any atom is 0.409 e. The molecule has 0 unspecified atom stereocenters. The molecule has 1 heterocycles. The van der Waals surface area contributed by atoms with Gasteiger partial charge in [-0.3, -0.25) is 4.79 Å². The van der Waals surface area contributed by atoms with E-state index in [9.17, 15) is 9.59 Å². The molecule has 2 rings (SSSR count). The molecule has 24 heavy (non-hydrogen) atoms. The first kappa shape index (κ1) is 17.6. The van der Waals surface area contributed by atoms with Gasteiger partial charge in [0.1, 0.15) is 5.75 Å². The van der Waals surface area contributed by atoms with Crippen molar-refractivity contribution in [2.75, 3.05) is 40.4 Å². The SMILES string of the molecule is COC(=O)N1CCN(C(=O)/C=C/C=C/c2ccc(OC)cc2)CC1. The molecule has 0 aromatic heterocycles. The zero-order valence-electron chi connectivity index (χ0n) is 14.0. The molecule has 0 N–H and O–H groups in total. The molecule has 1 aromatic carbocycles. The van der Waals surface area contributed by atoms with Gasteiger partial charge in [-0.05, 0) is 17.7 Å². The summed E-state index contributed by atoms with van der Waals surface area (Å²) in [5, 5.41) is 0. The molecule has 0 saturated carbocycles. The lowest BCUT2D eigenvalue weighted by Gasteiger charge is -2.33. The van der Waals surface area contributed by atoms with Crippen LogP contribution in [0, 0.1) is 0 Å². The van der Waals surface area contributed by atoms with Crippen molar-refractivity contribution in [3.05, 3.63) is 48.1 Å². The second-order valence-corrected chi connectivity index (χ2v) is 5.27. The predicted octanol–water partition coefficient (Wildman–Crippen LogP) is 2.18. The van der Waals surface area contributed by atoms with Gasteiger partial charge in [0.25, 0.3) is 0 Å². The summed E-state index contributed by atoms with van der Waals surface area (Å²) in [7, 11) is 2.99. The standard InChI is InChI=1S/C18H22N2O4/c1-23-16-9-7-15(8-10-16)5-3-4-6-17(21)19-11-13-20(14-12-19)18(22)24-2/h3-10H,11-14H2,1-2H3/b5-3+,6-4+. The van der Waals surface area contributed by atoms with Crippen LogP contribution in [0.15, 0.2) is 42.5 Å². The number of hydrogen-bond donors (Lipinski definition) is 0. The van der Waals surface area contributed by atoms with Gasteiger partial charge >= 0.3 is 6.09 Å². The van der Waals surface area contributed by atoms with Crippen LogP contribution in [0.3, 0.4) is 0 Å². The Balaban J connectivity index is 1.80. The summed E-state index contributed by atoms with van der Waals surface area (Å²) < 4.78 is 9.78. The third-order valence-corrected chi connectivity index (χ3v) is 3.78. The highest BCUT2D eigenvalue weighted by molar-refractivity contribution is 5.88. The monoisotopic (exact) mass is 330 g/mol. The number of allylic oxidation sites excluding steroid dienone is 2. The van der Waals surface area contributed by atoms with E-state index in [0.29, 0.717) is 26.2 Å². The highest BCUT2D eigenvalue weighted by Gasteiger charge is 2.23. The molecule has 0 spiro atoms. The van der Waals surface area contributed by atoms with Gasteiger partial charge in [-0.25, -0.2) is 4.79 Å². The van der Waals surface area contributed by atoms with Crippen molar-refractivity contribution in [1.29, 1.82) is 0 Å². The fraction of sp³-hybridized carbons (Fsp3) is 0.333. The number of methoxy groups -OCH3 is 2. The number of piperazine rings is 1. The Morgan fingerprint density at radius 3 is 2.17 bits per heavy atom. The van der Waals surface area contributed by atoms with Crippen LogP contribution >= 0.6 is 0 Å². The molecule has 1 fully saturated rings. The minimum atomic E-state index is -0.347. The number of hydrogen-bond acceptors (Lipinski definition) is 4. The summed E-state index contributed by atoms with van der Waals surface area (Å²) in [6, 6.07) is 7.65. The lowest BCUT2D eigenvalue weighted by Crippen LogP contribution is -2.50. The van der Waals surface area contributed by atoms with Gasteiger partial charge < -0.3 is 19.3 Å². The molecule has 1 aromatic rings. The van der Waals surface area contributed by atoms with Crippen LogP contribution in [-0.4, -0.2) is 62.2 Å². The molecule has 6 nitrogen and oxygen atoms in total. The normalized spacial score (nSPS) is 15.1. The summed E-state index contributed by atoms with van der Waals surface area (Å²) >= 11 is 0. The van der Waals surface area contributed by atoms with E-state index in [1.165, 1.54) is 13.2 Å². The smallest absolute Gasteiger partial charge is 0.409 e. The van der Waals surface area contributed by atoms with Crippen LogP contribution in [0.2, 0.25) is 0 Å². The second kappa shape index (κ2) is 8.76. The number of benzene rings is 1. The highest BCUT2D eigenvalue weighted by atomic mass is 16.5. The van der Waals surface area contributed by atoms with E-state index in [4.69, 9.17) is 4.74 Å². The van der Waals surface area contributed by atoms with Gasteiger partial charge in [0.2, 0.25) is 5.91 Å². The zero-order chi connectivity index (χ0) is 17.4. The Hall–Kier alpha value is -2.76. The average Bonchev–Trinajstić information content (AvgIpc) is 2.65. The lowest BCUT2D eigenvalue weighted by molar-refractivity contribution is -0.127. The molecular weight excluding hydrogens is 308 g/mol. The van der Waals surface area contributed by atoms with Crippen molar-refractivity contribution in [2.45, 2.75) is 0 Å². The van der Waals surface area contributed by atoms with Crippen molar-refractivity contribution in [3.63, 3.8) is 0 Å².